The molecular formula is C26H27F2N. The molecule has 0 amide bonds. The quantitative estimate of drug-likeness (QED) is 0.559. The summed E-state index contributed by atoms with van der Waals surface area (Å²) in [7, 11) is 0. The molecule has 0 saturated carbocycles. The van der Waals surface area contributed by atoms with Crippen LogP contribution in [-0.2, 0) is 6.42 Å². The summed E-state index contributed by atoms with van der Waals surface area (Å²) >= 11 is 0. The zero-order valence-electron chi connectivity index (χ0n) is 17.1. The third kappa shape index (κ3) is 3.91. The molecule has 0 unspecified atom stereocenters. The van der Waals surface area contributed by atoms with Crippen LogP contribution in [-0.4, -0.2) is 5.92 Å². The lowest BCUT2D eigenvalue weighted by atomic mass is 9.81. The summed E-state index contributed by atoms with van der Waals surface area (Å²) in [5, 5.41) is 0. The smallest absolute Gasteiger partial charge is 0.270 e. The van der Waals surface area contributed by atoms with E-state index in [1.165, 1.54) is 11.1 Å². The van der Waals surface area contributed by atoms with Gasteiger partial charge in [-0.3, -0.25) is 0 Å². The fourth-order valence-corrected chi connectivity index (χ4v) is 4.55. The predicted molar refractivity (Wildman–Crippen MR) is 117 cm³/mol. The van der Waals surface area contributed by atoms with E-state index in [4.69, 9.17) is 5.73 Å². The molecule has 0 fully saturated rings. The van der Waals surface area contributed by atoms with Gasteiger partial charge in [0.15, 0.2) is 0 Å². The highest BCUT2D eigenvalue weighted by Gasteiger charge is 2.32. The highest BCUT2D eigenvalue weighted by atomic mass is 19.3. The highest BCUT2D eigenvalue weighted by Crippen LogP contribution is 2.44. The van der Waals surface area contributed by atoms with Crippen molar-refractivity contribution in [3.63, 3.8) is 0 Å². The first-order valence-corrected chi connectivity index (χ1v) is 10.3. The van der Waals surface area contributed by atoms with Crippen molar-refractivity contribution in [2.75, 3.05) is 5.73 Å². The number of fused-ring (bicyclic) bond motifs is 1. The van der Waals surface area contributed by atoms with Gasteiger partial charge in [-0.15, -0.1) is 0 Å². The Hall–Kier alpha value is -2.68. The van der Waals surface area contributed by atoms with Crippen LogP contribution < -0.4 is 5.73 Å². The maximum absolute atomic E-state index is 14.5. The van der Waals surface area contributed by atoms with Crippen LogP contribution in [0.5, 0.6) is 0 Å². The number of nitrogens with two attached hydrogens (primary N) is 1. The van der Waals surface area contributed by atoms with Crippen LogP contribution in [0.25, 0.3) is 5.57 Å². The lowest BCUT2D eigenvalue weighted by Crippen LogP contribution is -2.17. The first-order chi connectivity index (χ1) is 13.8. The molecule has 0 bridgehead atoms. The van der Waals surface area contributed by atoms with Gasteiger partial charge in [0.1, 0.15) is 0 Å². The van der Waals surface area contributed by atoms with Gasteiger partial charge in [0, 0.05) is 18.2 Å². The Morgan fingerprint density at radius 1 is 0.931 bits per heavy atom. The number of benzene rings is 2. The zero-order valence-corrected chi connectivity index (χ0v) is 17.1. The fourth-order valence-electron chi connectivity index (χ4n) is 4.55. The Kier molecular flexibility index (Phi) is 5.16. The van der Waals surface area contributed by atoms with E-state index in [2.05, 4.69) is 37.3 Å². The molecule has 0 spiro atoms. The summed E-state index contributed by atoms with van der Waals surface area (Å²) in [6.45, 7) is 3.07. The molecule has 4 rings (SSSR count). The van der Waals surface area contributed by atoms with E-state index in [-0.39, 0.29) is 5.57 Å². The third-order valence-corrected chi connectivity index (χ3v) is 5.92. The minimum Gasteiger partial charge on any atom is -0.399 e. The monoisotopic (exact) mass is 391 g/mol. The Balaban J connectivity index is 2.04. The maximum Gasteiger partial charge on any atom is 0.270 e. The molecule has 2 aliphatic carbocycles. The van der Waals surface area contributed by atoms with E-state index in [0.29, 0.717) is 6.42 Å². The van der Waals surface area contributed by atoms with E-state index >= 15 is 0 Å². The summed E-state index contributed by atoms with van der Waals surface area (Å²) in [5.41, 5.74) is 14.5. The summed E-state index contributed by atoms with van der Waals surface area (Å²) in [6.07, 6.45) is 7.58. The molecule has 0 aliphatic heterocycles. The molecule has 2 N–H and O–H groups in total. The minimum absolute atomic E-state index is 0.169. The maximum atomic E-state index is 14.5. The Labute approximate surface area is 171 Å². The lowest BCUT2D eigenvalue weighted by molar-refractivity contribution is 0.0659. The number of aryl methyl sites for hydroxylation is 2. The van der Waals surface area contributed by atoms with Gasteiger partial charge in [0.05, 0.1) is 0 Å². The van der Waals surface area contributed by atoms with E-state index in [1.54, 1.807) is 6.08 Å². The Morgan fingerprint density at radius 3 is 2.41 bits per heavy atom. The van der Waals surface area contributed by atoms with Crippen molar-refractivity contribution >= 4 is 11.3 Å². The third-order valence-electron chi connectivity index (χ3n) is 5.92. The molecule has 2 aliphatic rings. The number of allylic oxidation sites excluding steroid dienone is 5. The number of rotatable bonds is 3. The van der Waals surface area contributed by atoms with Crippen molar-refractivity contribution < 1.29 is 8.78 Å². The summed E-state index contributed by atoms with van der Waals surface area (Å²) < 4.78 is 29.0. The Morgan fingerprint density at radius 2 is 1.69 bits per heavy atom. The first-order valence-electron chi connectivity index (χ1n) is 10.3. The summed E-state index contributed by atoms with van der Waals surface area (Å²) in [4.78, 5) is 0. The van der Waals surface area contributed by atoms with Crippen molar-refractivity contribution in [1.29, 1.82) is 0 Å². The van der Waals surface area contributed by atoms with Gasteiger partial charge in [-0.05, 0) is 84.6 Å². The van der Waals surface area contributed by atoms with Crippen molar-refractivity contribution in [3.8, 4) is 0 Å². The van der Waals surface area contributed by atoms with Crippen LogP contribution in [0.1, 0.15) is 54.9 Å². The number of halogens is 2. The van der Waals surface area contributed by atoms with Crippen molar-refractivity contribution in [2.24, 2.45) is 0 Å². The number of alkyl halides is 2. The molecule has 1 nitrogen and oxygen atoms in total. The van der Waals surface area contributed by atoms with Gasteiger partial charge in [0.25, 0.3) is 5.92 Å². The van der Waals surface area contributed by atoms with Crippen molar-refractivity contribution in [2.45, 2.75) is 51.9 Å². The van der Waals surface area contributed by atoms with E-state index < -0.39 is 5.92 Å². The standard InChI is InChI=1S/C26H27F2N/c1-17-10-12-18(13-11-17)25-21-15-14-20(29)16-19(21)6-5-8-23(25)22-7-3-4-9-24(22)26(2,27)28/h4,9-16H,3,5-8,29H2,1-2H3. The molecule has 0 heterocycles. The van der Waals surface area contributed by atoms with Crippen LogP contribution in [0.15, 0.2) is 71.3 Å². The molecule has 2 aromatic rings. The summed E-state index contributed by atoms with van der Waals surface area (Å²) in [6, 6.07) is 14.4. The molecule has 29 heavy (non-hydrogen) atoms. The first kappa shape index (κ1) is 19.6. The fraction of sp³-hybridized carbons (Fsp3) is 0.308. The lowest BCUT2D eigenvalue weighted by Gasteiger charge is -2.25. The van der Waals surface area contributed by atoms with E-state index in [1.807, 2.05) is 18.2 Å². The second kappa shape index (κ2) is 7.62. The second-order valence-electron chi connectivity index (χ2n) is 8.21. The van der Waals surface area contributed by atoms with E-state index in [9.17, 15) is 8.78 Å². The van der Waals surface area contributed by atoms with Crippen LogP contribution >= 0.6 is 0 Å². The second-order valence-corrected chi connectivity index (χ2v) is 8.21. The molecule has 2 aromatic carbocycles. The molecular weight excluding hydrogens is 364 g/mol. The molecule has 0 atom stereocenters. The van der Waals surface area contributed by atoms with Crippen LogP contribution in [0, 0.1) is 6.92 Å². The normalized spacial score (nSPS) is 17.4. The largest absolute Gasteiger partial charge is 0.399 e. The SMILES string of the molecule is Cc1ccc(C2=C(C3=C(C(C)(F)F)C=CCC3)CCCc3cc(N)ccc32)cc1. The van der Waals surface area contributed by atoms with Gasteiger partial charge in [-0.25, -0.2) is 8.78 Å². The highest BCUT2D eigenvalue weighted by molar-refractivity contribution is 5.87. The number of hydrogen-bond acceptors (Lipinski definition) is 1. The van der Waals surface area contributed by atoms with Crippen molar-refractivity contribution in [1.82, 2.24) is 0 Å². The average molecular weight is 392 g/mol. The average Bonchev–Trinajstić information content (AvgIpc) is 2.87. The van der Waals surface area contributed by atoms with Gasteiger partial charge in [-0.2, -0.15) is 0 Å². The molecule has 150 valence electrons. The number of hydrogen-bond donors (Lipinski definition) is 1. The van der Waals surface area contributed by atoms with Gasteiger partial charge in [0.2, 0.25) is 0 Å². The van der Waals surface area contributed by atoms with Gasteiger partial charge >= 0.3 is 0 Å². The van der Waals surface area contributed by atoms with Crippen molar-refractivity contribution in [3.05, 3.63) is 93.6 Å². The van der Waals surface area contributed by atoms with Gasteiger partial charge < -0.3 is 5.73 Å². The molecule has 3 heteroatoms. The predicted octanol–water partition coefficient (Wildman–Crippen LogP) is 7.02. The van der Waals surface area contributed by atoms with Crippen LogP contribution in [0.4, 0.5) is 14.5 Å². The summed E-state index contributed by atoms with van der Waals surface area (Å²) in [5.74, 6) is -2.85. The molecule has 0 saturated heterocycles. The molecule has 0 aromatic heterocycles. The van der Waals surface area contributed by atoms with Crippen LogP contribution in [0.2, 0.25) is 0 Å². The van der Waals surface area contributed by atoms with Gasteiger partial charge in [-0.1, -0.05) is 48.0 Å². The minimum atomic E-state index is -2.85. The number of nitrogen functional groups attached to an aromatic ring is 1. The zero-order chi connectivity index (χ0) is 20.6. The molecule has 0 radical (unpaired) electrons. The number of anilines is 1. The van der Waals surface area contributed by atoms with E-state index in [0.717, 1.165) is 66.1 Å². The van der Waals surface area contributed by atoms with Crippen LogP contribution in [0.3, 0.4) is 0 Å². The Bertz CT molecular complexity index is 1020. The topological polar surface area (TPSA) is 26.0 Å².